The lowest BCUT2D eigenvalue weighted by Crippen LogP contribution is -2.12. The zero-order valence-corrected chi connectivity index (χ0v) is 13.3. The van der Waals surface area contributed by atoms with Crippen LogP contribution in [0.15, 0.2) is 36.4 Å². The summed E-state index contributed by atoms with van der Waals surface area (Å²) < 4.78 is 0. The summed E-state index contributed by atoms with van der Waals surface area (Å²) >= 11 is 0. The average Bonchev–Trinajstić information content (AvgIpc) is 2.54. The lowest BCUT2D eigenvalue weighted by atomic mass is 9.92. The SMILES string of the molecule is Cc1nc2cc(c1C(=O)c1ccccc1)CCCCCCC2. The van der Waals surface area contributed by atoms with Gasteiger partial charge in [-0.3, -0.25) is 9.78 Å². The van der Waals surface area contributed by atoms with E-state index in [2.05, 4.69) is 6.07 Å². The highest BCUT2D eigenvalue weighted by Crippen LogP contribution is 2.23. The molecule has 114 valence electrons. The Hall–Kier alpha value is -1.96. The number of fused-ring (bicyclic) bond motifs is 2. The molecule has 0 radical (unpaired) electrons. The minimum absolute atomic E-state index is 0.115. The monoisotopic (exact) mass is 293 g/mol. The molecule has 1 aliphatic carbocycles. The molecule has 0 fully saturated rings. The van der Waals surface area contributed by atoms with Gasteiger partial charge in [0.05, 0.1) is 0 Å². The van der Waals surface area contributed by atoms with E-state index in [1.165, 1.54) is 31.2 Å². The van der Waals surface area contributed by atoms with Crippen LogP contribution in [-0.4, -0.2) is 10.8 Å². The Balaban J connectivity index is 2.02. The Labute approximate surface area is 132 Å². The molecule has 0 amide bonds. The van der Waals surface area contributed by atoms with Gasteiger partial charge in [0.2, 0.25) is 0 Å². The van der Waals surface area contributed by atoms with Crippen molar-refractivity contribution >= 4 is 5.78 Å². The Morgan fingerprint density at radius 3 is 2.41 bits per heavy atom. The molecule has 22 heavy (non-hydrogen) atoms. The third-order valence-corrected chi connectivity index (χ3v) is 4.48. The van der Waals surface area contributed by atoms with Crippen molar-refractivity contribution in [2.75, 3.05) is 0 Å². The maximum absolute atomic E-state index is 12.9. The quantitative estimate of drug-likeness (QED) is 0.753. The smallest absolute Gasteiger partial charge is 0.195 e. The van der Waals surface area contributed by atoms with E-state index in [4.69, 9.17) is 4.98 Å². The normalized spacial score (nSPS) is 15.3. The van der Waals surface area contributed by atoms with Crippen molar-refractivity contribution in [1.82, 2.24) is 4.98 Å². The van der Waals surface area contributed by atoms with Gasteiger partial charge in [-0.2, -0.15) is 0 Å². The molecule has 1 aromatic carbocycles. The summed E-state index contributed by atoms with van der Waals surface area (Å²) in [7, 11) is 0. The van der Waals surface area contributed by atoms with E-state index in [1.54, 1.807) is 0 Å². The molecular weight excluding hydrogens is 270 g/mol. The number of carbonyl (C=O) groups is 1. The van der Waals surface area contributed by atoms with Gasteiger partial charge in [-0.15, -0.1) is 0 Å². The molecular formula is C20H23NO. The second-order valence-electron chi connectivity index (χ2n) is 6.20. The summed E-state index contributed by atoms with van der Waals surface area (Å²) in [6, 6.07) is 11.7. The molecule has 0 saturated carbocycles. The Bertz CT molecular complexity index is 661. The van der Waals surface area contributed by atoms with Crippen LogP contribution in [-0.2, 0) is 12.8 Å². The topological polar surface area (TPSA) is 30.0 Å². The second-order valence-corrected chi connectivity index (χ2v) is 6.20. The van der Waals surface area contributed by atoms with Crippen LogP contribution in [0.1, 0.15) is 65.0 Å². The summed E-state index contributed by atoms with van der Waals surface area (Å²) in [6.07, 6.45) is 8.25. The standard InChI is InChI=1S/C20H23NO/c1-15-19(20(22)16-10-7-5-8-11-16)17-12-6-3-2-4-9-13-18(14-17)21-15/h5,7-8,10-11,14H,2-4,6,9,12-13H2,1H3. The Morgan fingerprint density at radius 1 is 0.955 bits per heavy atom. The lowest BCUT2D eigenvalue weighted by molar-refractivity contribution is 0.103. The zero-order valence-electron chi connectivity index (χ0n) is 13.3. The first-order chi connectivity index (χ1) is 10.8. The number of rotatable bonds is 2. The Kier molecular flexibility index (Phi) is 4.67. The van der Waals surface area contributed by atoms with Crippen molar-refractivity contribution in [3.63, 3.8) is 0 Å². The van der Waals surface area contributed by atoms with Crippen LogP contribution in [0, 0.1) is 6.92 Å². The summed E-state index contributed by atoms with van der Waals surface area (Å²) in [4.78, 5) is 17.6. The van der Waals surface area contributed by atoms with E-state index < -0.39 is 0 Å². The van der Waals surface area contributed by atoms with Gasteiger partial charge in [-0.25, -0.2) is 0 Å². The predicted molar refractivity (Wildman–Crippen MR) is 89.3 cm³/mol. The summed E-state index contributed by atoms with van der Waals surface area (Å²) in [5.41, 5.74) is 4.82. The van der Waals surface area contributed by atoms with Crippen LogP contribution in [0.4, 0.5) is 0 Å². The molecule has 0 saturated heterocycles. The van der Waals surface area contributed by atoms with Gasteiger partial charge >= 0.3 is 0 Å². The van der Waals surface area contributed by atoms with Gasteiger partial charge in [0, 0.05) is 22.5 Å². The van der Waals surface area contributed by atoms with Gasteiger partial charge in [0.1, 0.15) is 0 Å². The number of nitrogens with zero attached hydrogens (tertiary/aromatic N) is 1. The van der Waals surface area contributed by atoms with E-state index in [1.807, 2.05) is 37.3 Å². The number of pyridine rings is 1. The highest BCUT2D eigenvalue weighted by Gasteiger charge is 2.18. The lowest BCUT2D eigenvalue weighted by Gasteiger charge is -2.15. The molecule has 1 aliphatic rings. The molecule has 2 heteroatoms. The molecule has 0 spiro atoms. The molecule has 2 nitrogen and oxygen atoms in total. The van der Waals surface area contributed by atoms with Crippen molar-refractivity contribution in [3.05, 3.63) is 64.5 Å². The predicted octanol–water partition coefficient (Wildman–Crippen LogP) is 4.67. The average molecular weight is 293 g/mol. The highest BCUT2D eigenvalue weighted by atomic mass is 16.1. The highest BCUT2D eigenvalue weighted by molar-refractivity contribution is 6.10. The van der Waals surface area contributed by atoms with E-state index in [0.29, 0.717) is 0 Å². The van der Waals surface area contributed by atoms with Gasteiger partial charge in [-0.1, -0.05) is 49.6 Å². The number of aromatic nitrogens is 1. The van der Waals surface area contributed by atoms with Gasteiger partial charge in [0.15, 0.2) is 5.78 Å². The first-order valence-electron chi connectivity index (χ1n) is 8.35. The molecule has 3 rings (SSSR count). The first-order valence-corrected chi connectivity index (χ1v) is 8.35. The maximum Gasteiger partial charge on any atom is 0.195 e. The fourth-order valence-electron chi connectivity index (χ4n) is 3.33. The molecule has 0 unspecified atom stereocenters. The summed E-state index contributed by atoms with van der Waals surface area (Å²) in [5, 5.41) is 0. The summed E-state index contributed by atoms with van der Waals surface area (Å²) in [6.45, 7) is 1.98. The minimum Gasteiger partial charge on any atom is -0.289 e. The number of carbonyl (C=O) groups excluding carboxylic acids is 1. The summed E-state index contributed by atoms with van der Waals surface area (Å²) in [5.74, 6) is 0.115. The largest absolute Gasteiger partial charge is 0.289 e. The van der Waals surface area contributed by atoms with Gasteiger partial charge in [-0.05, 0) is 44.2 Å². The number of benzene rings is 1. The van der Waals surface area contributed by atoms with Crippen LogP contribution in [0.2, 0.25) is 0 Å². The minimum atomic E-state index is 0.115. The maximum atomic E-state index is 12.9. The molecule has 2 bridgehead atoms. The van der Waals surface area contributed by atoms with Crippen molar-refractivity contribution in [3.8, 4) is 0 Å². The van der Waals surface area contributed by atoms with Crippen LogP contribution in [0.3, 0.4) is 0 Å². The van der Waals surface area contributed by atoms with Crippen LogP contribution >= 0.6 is 0 Å². The Morgan fingerprint density at radius 2 is 1.64 bits per heavy atom. The molecule has 1 aromatic heterocycles. The van der Waals surface area contributed by atoms with Gasteiger partial charge in [0.25, 0.3) is 0 Å². The second kappa shape index (κ2) is 6.87. The fourth-order valence-corrected chi connectivity index (χ4v) is 3.33. The number of hydrogen-bond acceptors (Lipinski definition) is 2. The van der Waals surface area contributed by atoms with Crippen molar-refractivity contribution in [1.29, 1.82) is 0 Å². The third kappa shape index (κ3) is 3.27. The number of ketones is 1. The first kappa shape index (κ1) is 15.0. The zero-order chi connectivity index (χ0) is 15.4. The van der Waals surface area contributed by atoms with Crippen molar-refractivity contribution in [2.45, 2.75) is 51.9 Å². The number of hydrogen-bond donors (Lipinski definition) is 0. The molecule has 1 heterocycles. The van der Waals surface area contributed by atoms with Crippen LogP contribution < -0.4 is 0 Å². The van der Waals surface area contributed by atoms with E-state index >= 15 is 0 Å². The molecule has 0 aliphatic heterocycles. The molecule has 2 aromatic rings. The third-order valence-electron chi connectivity index (χ3n) is 4.48. The number of aryl methyl sites for hydroxylation is 3. The van der Waals surface area contributed by atoms with Gasteiger partial charge < -0.3 is 0 Å². The fraction of sp³-hybridized carbons (Fsp3) is 0.400. The van der Waals surface area contributed by atoms with E-state index in [0.717, 1.165) is 41.8 Å². The van der Waals surface area contributed by atoms with E-state index in [9.17, 15) is 4.79 Å². The van der Waals surface area contributed by atoms with Crippen LogP contribution in [0.5, 0.6) is 0 Å². The molecule has 0 atom stereocenters. The van der Waals surface area contributed by atoms with Crippen LogP contribution in [0.25, 0.3) is 0 Å². The van der Waals surface area contributed by atoms with E-state index in [-0.39, 0.29) is 5.78 Å². The molecule has 0 N–H and O–H groups in total. The van der Waals surface area contributed by atoms with Crippen molar-refractivity contribution < 1.29 is 4.79 Å². The van der Waals surface area contributed by atoms with Crippen molar-refractivity contribution in [2.24, 2.45) is 0 Å².